The van der Waals surface area contributed by atoms with Crippen LogP contribution in [-0.4, -0.2) is 18.3 Å². The van der Waals surface area contributed by atoms with E-state index in [9.17, 15) is 0 Å². The summed E-state index contributed by atoms with van der Waals surface area (Å²) < 4.78 is 13.1. The van der Waals surface area contributed by atoms with Crippen molar-refractivity contribution in [3.8, 4) is 0 Å². The SMILES string of the molecule is CC1(C)C(B2OC(C)(C)C(C)(C)O2)=CC=C1c1ccc2c(c1)C1(CCCCC1)C1C=C3C(=CC21)C(C)(C)c1ccc2ccccc2c13. The minimum atomic E-state index is -0.350. The maximum Gasteiger partial charge on any atom is 0.491 e. The monoisotopic (exact) mass is 620 g/mol. The largest absolute Gasteiger partial charge is 0.491 e. The van der Waals surface area contributed by atoms with Crippen molar-refractivity contribution in [1.82, 2.24) is 0 Å². The molecule has 1 saturated carbocycles. The second kappa shape index (κ2) is 9.51. The minimum absolute atomic E-state index is 0.00709. The standard InChI is InChI=1S/C44H49BO2/c1-40(2)34-19-17-27-14-10-11-15-29(27)39(34)32-26-37-31(25-35(32)40)30-18-16-28(24-36(30)44(37)22-12-9-13-23-44)33-20-21-38(41(33,3)4)45-46-42(5,6)43(7,8)47-45/h10-11,14-21,24-26,31,37H,9,12-13,22-23H2,1-8H3. The summed E-state index contributed by atoms with van der Waals surface area (Å²) >= 11 is 0. The van der Waals surface area contributed by atoms with E-state index in [4.69, 9.17) is 9.31 Å². The molecule has 0 radical (unpaired) electrons. The molecule has 3 aromatic carbocycles. The van der Waals surface area contributed by atoms with Gasteiger partial charge in [0.15, 0.2) is 0 Å². The molecule has 240 valence electrons. The third kappa shape index (κ3) is 3.88. The van der Waals surface area contributed by atoms with Crippen LogP contribution in [-0.2, 0) is 20.1 Å². The fourth-order valence-electron chi connectivity index (χ4n) is 10.5. The van der Waals surface area contributed by atoms with Crippen LogP contribution in [0.15, 0.2) is 89.9 Å². The lowest BCUT2D eigenvalue weighted by atomic mass is 9.61. The molecule has 2 unspecified atom stereocenters. The maximum atomic E-state index is 6.56. The minimum Gasteiger partial charge on any atom is -0.400 e. The Morgan fingerprint density at radius 1 is 0.681 bits per heavy atom. The molecule has 0 amide bonds. The van der Waals surface area contributed by atoms with Gasteiger partial charge in [-0.25, -0.2) is 0 Å². The first-order valence-electron chi connectivity index (χ1n) is 18.2. The first-order chi connectivity index (χ1) is 22.3. The van der Waals surface area contributed by atoms with E-state index in [-0.39, 0.29) is 34.6 Å². The van der Waals surface area contributed by atoms with Gasteiger partial charge >= 0.3 is 7.12 Å². The van der Waals surface area contributed by atoms with Crippen LogP contribution in [0.4, 0.5) is 0 Å². The lowest BCUT2D eigenvalue weighted by molar-refractivity contribution is 0.00578. The summed E-state index contributed by atoms with van der Waals surface area (Å²) in [5.41, 5.74) is 12.5. The van der Waals surface area contributed by atoms with Gasteiger partial charge in [0.1, 0.15) is 0 Å². The van der Waals surface area contributed by atoms with Crippen molar-refractivity contribution >= 4 is 29.0 Å². The van der Waals surface area contributed by atoms with Gasteiger partial charge in [-0.15, -0.1) is 0 Å². The Morgan fingerprint density at radius 3 is 2.15 bits per heavy atom. The zero-order valence-electron chi connectivity index (χ0n) is 29.6. The van der Waals surface area contributed by atoms with Gasteiger partial charge in [0.25, 0.3) is 0 Å². The number of allylic oxidation sites excluding steroid dienone is 8. The van der Waals surface area contributed by atoms with Crippen LogP contribution < -0.4 is 0 Å². The van der Waals surface area contributed by atoms with Crippen LogP contribution >= 0.6 is 0 Å². The van der Waals surface area contributed by atoms with E-state index in [0.717, 1.165) is 0 Å². The van der Waals surface area contributed by atoms with Crippen molar-refractivity contribution in [3.63, 3.8) is 0 Å². The van der Waals surface area contributed by atoms with Crippen LogP contribution in [0.3, 0.4) is 0 Å². The fraction of sp³-hybridized carbons (Fsp3) is 0.455. The summed E-state index contributed by atoms with van der Waals surface area (Å²) in [7, 11) is -0.328. The summed E-state index contributed by atoms with van der Waals surface area (Å²) in [6, 6.07) is 21.3. The lowest BCUT2D eigenvalue weighted by Crippen LogP contribution is -2.41. The van der Waals surface area contributed by atoms with Gasteiger partial charge in [0, 0.05) is 22.2 Å². The average Bonchev–Trinajstić information content (AvgIpc) is 3.64. The zero-order chi connectivity index (χ0) is 32.7. The number of hydrogen-bond donors (Lipinski definition) is 0. The second-order valence-corrected chi connectivity index (χ2v) is 17.5. The Hall–Kier alpha value is -3.14. The highest BCUT2D eigenvalue weighted by molar-refractivity contribution is 6.55. The molecule has 2 nitrogen and oxygen atoms in total. The summed E-state index contributed by atoms with van der Waals surface area (Å²) in [4.78, 5) is 0. The molecule has 3 heteroatoms. The summed E-state index contributed by atoms with van der Waals surface area (Å²) in [5, 5.41) is 2.75. The van der Waals surface area contributed by atoms with E-state index in [1.54, 1.807) is 11.1 Å². The highest BCUT2D eigenvalue weighted by Crippen LogP contribution is 2.65. The second-order valence-electron chi connectivity index (χ2n) is 17.5. The van der Waals surface area contributed by atoms with Crippen molar-refractivity contribution in [3.05, 3.63) is 118 Å². The van der Waals surface area contributed by atoms with Crippen molar-refractivity contribution in [1.29, 1.82) is 0 Å². The summed E-state index contributed by atoms with van der Waals surface area (Å²) in [5.74, 6) is 0.927. The van der Waals surface area contributed by atoms with E-state index >= 15 is 0 Å². The van der Waals surface area contributed by atoms with E-state index in [2.05, 4.69) is 134 Å². The molecule has 9 rings (SSSR count). The molecule has 3 aromatic rings. The molecule has 47 heavy (non-hydrogen) atoms. The quantitative estimate of drug-likeness (QED) is 0.266. The molecule has 2 atom stereocenters. The van der Waals surface area contributed by atoms with Gasteiger partial charge < -0.3 is 9.31 Å². The predicted octanol–water partition coefficient (Wildman–Crippen LogP) is 11.1. The highest BCUT2D eigenvalue weighted by atomic mass is 16.7. The van der Waals surface area contributed by atoms with Crippen LogP contribution in [0.25, 0.3) is 21.9 Å². The molecule has 0 N–H and O–H groups in total. The van der Waals surface area contributed by atoms with Gasteiger partial charge in [-0.2, -0.15) is 0 Å². The first-order valence-corrected chi connectivity index (χ1v) is 18.2. The number of rotatable bonds is 2. The Bertz CT molecular complexity index is 1970. The molecule has 5 aliphatic carbocycles. The number of hydrogen-bond acceptors (Lipinski definition) is 2. The Morgan fingerprint density at radius 2 is 1.40 bits per heavy atom. The van der Waals surface area contributed by atoms with Gasteiger partial charge in [0.05, 0.1) is 11.2 Å². The number of fused-ring (bicyclic) bond motifs is 10. The van der Waals surface area contributed by atoms with Crippen LogP contribution in [0.5, 0.6) is 0 Å². The topological polar surface area (TPSA) is 18.5 Å². The van der Waals surface area contributed by atoms with Crippen molar-refractivity contribution in [2.24, 2.45) is 11.3 Å². The highest BCUT2D eigenvalue weighted by Gasteiger charge is 2.57. The molecule has 0 aromatic heterocycles. The molecule has 0 bridgehead atoms. The molecule has 1 aliphatic heterocycles. The van der Waals surface area contributed by atoms with E-state index in [1.165, 1.54) is 81.8 Å². The van der Waals surface area contributed by atoms with Crippen molar-refractivity contribution in [2.45, 2.75) is 115 Å². The van der Waals surface area contributed by atoms with Crippen molar-refractivity contribution < 1.29 is 9.31 Å². The lowest BCUT2D eigenvalue weighted by Gasteiger charge is -2.42. The summed E-state index contributed by atoms with van der Waals surface area (Å²) in [6.45, 7) is 18.2. The smallest absolute Gasteiger partial charge is 0.400 e. The normalized spacial score (nSPS) is 28.3. The van der Waals surface area contributed by atoms with Crippen LogP contribution in [0.2, 0.25) is 0 Å². The van der Waals surface area contributed by atoms with Crippen LogP contribution in [0, 0.1) is 11.3 Å². The van der Waals surface area contributed by atoms with Gasteiger partial charge in [-0.05, 0) is 107 Å². The predicted molar refractivity (Wildman–Crippen MR) is 196 cm³/mol. The Kier molecular flexibility index (Phi) is 6.06. The van der Waals surface area contributed by atoms with E-state index < -0.39 is 0 Å². The Balaban J connectivity index is 1.14. The summed E-state index contributed by atoms with van der Waals surface area (Å²) in [6.07, 6.45) is 16.7. The molecule has 2 fully saturated rings. The molecular weight excluding hydrogens is 571 g/mol. The van der Waals surface area contributed by atoms with Gasteiger partial charge in [0.2, 0.25) is 0 Å². The third-order valence-electron chi connectivity index (χ3n) is 13.9. The van der Waals surface area contributed by atoms with Crippen LogP contribution in [0.1, 0.15) is 121 Å². The van der Waals surface area contributed by atoms with Gasteiger partial charge in [-0.1, -0.05) is 126 Å². The molecule has 6 aliphatic rings. The van der Waals surface area contributed by atoms with Gasteiger partial charge in [-0.3, -0.25) is 0 Å². The fourth-order valence-corrected chi connectivity index (χ4v) is 10.5. The maximum absolute atomic E-state index is 6.56. The number of benzene rings is 3. The molecule has 1 spiro atoms. The third-order valence-corrected chi connectivity index (χ3v) is 13.9. The molecular formula is C44H49BO2. The van der Waals surface area contributed by atoms with E-state index in [0.29, 0.717) is 11.8 Å². The average molecular weight is 621 g/mol. The first kappa shape index (κ1) is 30.0. The molecule has 1 saturated heterocycles. The van der Waals surface area contributed by atoms with Crippen molar-refractivity contribution in [2.75, 3.05) is 0 Å². The molecule has 1 heterocycles. The van der Waals surface area contributed by atoms with E-state index in [1.807, 2.05) is 0 Å². The Labute approximate surface area is 282 Å². The zero-order valence-corrected chi connectivity index (χ0v) is 29.6.